The lowest BCUT2D eigenvalue weighted by Crippen LogP contribution is -1.98. The Bertz CT molecular complexity index is 607. The molecule has 1 atom stereocenters. The van der Waals surface area contributed by atoms with Crippen LogP contribution in [0.2, 0.25) is 0 Å². The number of benzene rings is 1. The number of rotatable bonds is 9. The van der Waals surface area contributed by atoms with E-state index >= 15 is 0 Å². The van der Waals surface area contributed by atoms with Gasteiger partial charge in [0.2, 0.25) is 0 Å². The third kappa shape index (κ3) is 9.38. The summed E-state index contributed by atoms with van der Waals surface area (Å²) < 4.78 is 4.76. The van der Waals surface area contributed by atoms with Crippen LogP contribution >= 0.6 is 0 Å². The Balaban J connectivity index is 2.24. The van der Waals surface area contributed by atoms with Crippen molar-refractivity contribution in [3.63, 3.8) is 0 Å². The summed E-state index contributed by atoms with van der Waals surface area (Å²) in [6.45, 7) is 2.15. The van der Waals surface area contributed by atoms with Crippen molar-refractivity contribution in [2.24, 2.45) is 0 Å². The van der Waals surface area contributed by atoms with E-state index in [0.29, 0.717) is 13.0 Å². The first-order valence-corrected chi connectivity index (χ1v) is 7.97. The molecule has 1 unspecified atom stereocenters. The van der Waals surface area contributed by atoms with Crippen LogP contribution in [0, 0.1) is 0 Å². The first-order valence-electron chi connectivity index (χ1n) is 7.97. The zero-order valence-corrected chi connectivity index (χ0v) is 13.9. The maximum absolute atomic E-state index is 11.0. The highest BCUT2D eigenvalue weighted by Gasteiger charge is 2.02. The minimum absolute atomic E-state index is 0.339. The summed E-state index contributed by atoms with van der Waals surface area (Å²) in [7, 11) is 0. The quantitative estimate of drug-likeness (QED) is 0.414. The molecule has 1 rings (SSSR count). The lowest BCUT2D eigenvalue weighted by molar-refractivity contribution is -0.137. The molecule has 1 N–H and O–H groups in total. The highest BCUT2D eigenvalue weighted by molar-refractivity contribution is 5.82. The molecule has 0 aliphatic carbocycles. The Kier molecular flexibility index (Phi) is 10.4. The molecule has 0 bridgehead atoms. The van der Waals surface area contributed by atoms with Gasteiger partial charge in [-0.05, 0) is 18.9 Å². The van der Waals surface area contributed by atoms with Gasteiger partial charge in [0.15, 0.2) is 0 Å². The number of hydrogen-bond donors (Lipinski definition) is 1. The van der Waals surface area contributed by atoms with Crippen molar-refractivity contribution in [2.45, 2.75) is 19.4 Å². The third-order valence-electron chi connectivity index (χ3n) is 2.98. The van der Waals surface area contributed by atoms with Gasteiger partial charge in [-0.2, -0.15) is 0 Å². The fourth-order valence-corrected chi connectivity index (χ4v) is 1.81. The number of carbonyl (C=O) groups is 1. The van der Waals surface area contributed by atoms with Crippen LogP contribution in [0.15, 0.2) is 91.1 Å². The van der Waals surface area contributed by atoms with Crippen LogP contribution in [0.4, 0.5) is 0 Å². The summed E-state index contributed by atoms with van der Waals surface area (Å²) in [5.41, 5.74) is 0.923. The third-order valence-corrected chi connectivity index (χ3v) is 2.98. The topological polar surface area (TPSA) is 46.5 Å². The summed E-state index contributed by atoms with van der Waals surface area (Å²) in [4.78, 5) is 11.0. The van der Waals surface area contributed by atoms with Crippen LogP contribution in [0.3, 0.4) is 0 Å². The lowest BCUT2D eigenvalue weighted by Gasteiger charge is -2.06. The highest BCUT2D eigenvalue weighted by atomic mass is 16.5. The normalized spacial score (nSPS) is 13.8. The molecule has 0 aliphatic rings. The Labute approximate surface area is 144 Å². The second-order valence-electron chi connectivity index (χ2n) is 4.86. The first kappa shape index (κ1) is 19.4. The van der Waals surface area contributed by atoms with E-state index in [0.717, 1.165) is 5.56 Å². The SMILES string of the molecule is CCOC(=O)/C=C/C=C/C=C/C=C/C=C/CC(O)c1ccccc1. The highest BCUT2D eigenvalue weighted by Crippen LogP contribution is 2.15. The predicted octanol–water partition coefficient (Wildman–Crippen LogP) is 4.45. The number of carbonyl (C=O) groups excluding carboxylic acids is 1. The van der Waals surface area contributed by atoms with Gasteiger partial charge >= 0.3 is 5.97 Å². The van der Waals surface area contributed by atoms with Crippen molar-refractivity contribution in [3.8, 4) is 0 Å². The first-order chi connectivity index (χ1) is 11.7. The van der Waals surface area contributed by atoms with Crippen LogP contribution in [-0.2, 0) is 9.53 Å². The standard InChI is InChI=1S/C21H24O3/c1-2-24-21(23)18-14-9-7-5-3-4-6-8-13-17-20(22)19-15-11-10-12-16-19/h3-16,18,20,22H,2,17H2,1H3/b5-3+,6-4+,9-7+,13-8+,18-14+. The van der Waals surface area contributed by atoms with Gasteiger partial charge in [-0.1, -0.05) is 85.0 Å². The molecule has 0 saturated heterocycles. The van der Waals surface area contributed by atoms with E-state index in [2.05, 4.69) is 0 Å². The van der Waals surface area contributed by atoms with Crippen LogP contribution in [0.25, 0.3) is 0 Å². The Morgan fingerprint density at radius 2 is 1.58 bits per heavy atom. The van der Waals surface area contributed by atoms with E-state index in [1.807, 2.05) is 72.9 Å². The molecule has 0 amide bonds. The summed E-state index contributed by atoms with van der Waals surface area (Å²) in [5.74, 6) is -0.339. The van der Waals surface area contributed by atoms with E-state index in [-0.39, 0.29) is 5.97 Å². The molecule has 1 aromatic carbocycles. The molecule has 126 valence electrons. The van der Waals surface area contributed by atoms with Gasteiger partial charge < -0.3 is 9.84 Å². The zero-order chi connectivity index (χ0) is 17.5. The van der Waals surface area contributed by atoms with E-state index in [1.54, 1.807) is 19.1 Å². The van der Waals surface area contributed by atoms with Gasteiger partial charge in [-0.15, -0.1) is 0 Å². The van der Waals surface area contributed by atoms with Gasteiger partial charge in [0.1, 0.15) is 0 Å². The second-order valence-corrected chi connectivity index (χ2v) is 4.86. The van der Waals surface area contributed by atoms with E-state index < -0.39 is 6.10 Å². The van der Waals surface area contributed by atoms with Crippen LogP contribution < -0.4 is 0 Å². The zero-order valence-electron chi connectivity index (χ0n) is 13.9. The number of aliphatic hydroxyl groups excluding tert-OH is 1. The van der Waals surface area contributed by atoms with Crippen LogP contribution in [-0.4, -0.2) is 17.7 Å². The van der Waals surface area contributed by atoms with Gasteiger partial charge in [0, 0.05) is 6.08 Å². The maximum Gasteiger partial charge on any atom is 0.330 e. The second kappa shape index (κ2) is 12.9. The van der Waals surface area contributed by atoms with Gasteiger partial charge in [-0.3, -0.25) is 0 Å². The average Bonchev–Trinajstić information content (AvgIpc) is 2.60. The molecule has 0 fully saturated rings. The Morgan fingerprint density at radius 1 is 1.00 bits per heavy atom. The summed E-state index contributed by atoms with van der Waals surface area (Å²) >= 11 is 0. The molecular weight excluding hydrogens is 300 g/mol. The van der Waals surface area contributed by atoms with Crippen molar-refractivity contribution >= 4 is 5.97 Å². The average molecular weight is 324 g/mol. The van der Waals surface area contributed by atoms with Crippen molar-refractivity contribution in [3.05, 3.63) is 96.7 Å². The Hall–Kier alpha value is -2.65. The molecule has 3 heteroatoms. The maximum atomic E-state index is 11.0. The molecule has 0 saturated carbocycles. The molecule has 0 aromatic heterocycles. The molecular formula is C21H24O3. The van der Waals surface area contributed by atoms with Crippen LogP contribution in [0.1, 0.15) is 25.0 Å². The number of esters is 1. The summed E-state index contributed by atoms with van der Waals surface area (Å²) in [5, 5.41) is 9.98. The molecule has 0 spiro atoms. The number of hydrogen-bond acceptors (Lipinski definition) is 3. The van der Waals surface area contributed by atoms with Crippen molar-refractivity contribution in [1.29, 1.82) is 0 Å². The van der Waals surface area contributed by atoms with Crippen molar-refractivity contribution < 1.29 is 14.6 Å². The van der Waals surface area contributed by atoms with Crippen molar-refractivity contribution in [1.82, 2.24) is 0 Å². The van der Waals surface area contributed by atoms with Gasteiger partial charge in [0.25, 0.3) is 0 Å². The summed E-state index contributed by atoms with van der Waals surface area (Å²) in [6, 6.07) is 9.60. The molecule has 0 aliphatic heterocycles. The van der Waals surface area contributed by atoms with Gasteiger partial charge in [0.05, 0.1) is 12.7 Å². The fourth-order valence-electron chi connectivity index (χ4n) is 1.81. The number of aliphatic hydroxyl groups is 1. The van der Waals surface area contributed by atoms with E-state index in [9.17, 15) is 9.90 Å². The van der Waals surface area contributed by atoms with Crippen LogP contribution in [0.5, 0.6) is 0 Å². The molecule has 0 heterocycles. The van der Waals surface area contributed by atoms with Crippen molar-refractivity contribution in [2.75, 3.05) is 6.61 Å². The molecule has 0 radical (unpaired) electrons. The number of allylic oxidation sites excluding steroid dienone is 8. The minimum atomic E-state index is -0.472. The lowest BCUT2D eigenvalue weighted by atomic mass is 10.1. The molecule has 3 nitrogen and oxygen atoms in total. The monoisotopic (exact) mass is 324 g/mol. The molecule has 1 aromatic rings. The molecule has 24 heavy (non-hydrogen) atoms. The minimum Gasteiger partial charge on any atom is -0.463 e. The summed E-state index contributed by atoms with van der Waals surface area (Å²) in [6.07, 6.45) is 18.1. The smallest absolute Gasteiger partial charge is 0.330 e. The number of ether oxygens (including phenoxy) is 1. The van der Waals surface area contributed by atoms with E-state index in [1.165, 1.54) is 6.08 Å². The van der Waals surface area contributed by atoms with Gasteiger partial charge in [-0.25, -0.2) is 4.79 Å². The Morgan fingerprint density at radius 3 is 2.21 bits per heavy atom. The predicted molar refractivity (Wildman–Crippen MR) is 98.4 cm³/mol. The fraction of sp³-hybridized carbons (Fsp3) is 0.190. The van der Waals surface area contributed by atoms with E-state index in [4.69, 9.17) is 4.74 Å². The largest absolute Gasteiger partial charge is 0.463 e.